The summed E-state index contributed by atoms with van der Waals surface area (Å²) in [5.41, 5.74) is -0.189. The van der Waals surface area contributed by atoms with E-state index in [0.717, 1.165) is 36.4 Å². The lowest BCUT2D eigenvalue weighted by molar-refractivity contribution is -0.137. The number of likely N-dealkylation sites (N-methyl/N-ethyl adjacent to an activating group) is 1. The second-order valence-corrected chi connectivity index (χ2v) is 8.18. The standard InChI is InChI=1S/C20H23F3N4O2S/c1-25(2)17(28)12-26-7-4-8-27(10-9-26)19(29)16-13-30-18(24-16)14-5-3-6-15(11-14)20(21,22)23/h3,5-6,11,13H,4,7-10,12H2,1-2H3. The van der Waals surface area contributed by atoms with Crippen LogP contribution in [0, 0.1) is 0 Å². The van der Waals surface area contributed by atoms with Gasteiger partial charge in [0, 0.05) is 51.2 Å². The zero-order valence-corrected chi connectivity index (χ0v) is 17.6. The summed E-state index contributed by atoms with van der Waals surface area (Å²) in [6, 6.07) is 4.93. The van der Waals surface area contributed by atoms with Gasteiger partial charge in [-0.2, -0.15) is 13.2 Å². The molecule has 1 aromatic heterocycles. The third kappa shape index (κ3) is 5.37. The minimum Gasteiger partial charge on any atom is -0.348 e. The van der Waals surface area contributed by atoms with Gasteiger partial charge in [-0.3, -0.25) is 14.5 Å². The van der Waals surface area contributed by atoms with Gasteiger partial charge in [-0.25, -0.2) is 4.98 Å². The number of carbonyl (C=O) groups excluding carboxylic acids is 2. The summed E-state index contributed by atoms with van der Waals surface area (Å²) in [5, 5.41) is 1.95. The van der Waals surface area contributed by atoms with Gasteiger partial charge in [0.25, 0.3) is 5.91 Å². The highest BCUT2D eigenvalue weighted by atomic mass is 32.1. The third-order valence-corrected chi connectivity index (χ3v) is 5.78. The minimum absolute atomic E-state index is 0.0139. The molecule has 0 aliphatic carbocycles. The van der Waals surface area contributed by atoms with Gasteiger partial charge < -0.3 is 9.80 Å². The van der Waals surface area contributed by atoms with Crippen LogP contribution in [0.15, 0.2) is 29.6 Å². The topological polar surface area (TPSA) is 56.8 Å². The Bertz CT molecular complexity index is 913. The Labute approximate surface area is 176 Å². The number of alkyl halides is 3. The third-order valence-electron chi connectivity index (χ3n) is 4.89. The first kappa shape index (κ1) is 22.2. The Hall–Kier alpha value is -2.46. The Balaban J connectivity index is 1.67. The van der Waals surface area contributed by atoms with E-state index in [9.17, 15) is 22.8 Å². The quantitative estimate of drug-likeness (QED) is 0.733. The Kier molecular flexibility index (Phi) is 6.77. The maximum Gasteiger partial charge on any atom is 0.416 e. The van der Waals surface area contributed by atoms with Gasteiger partial charge in [0.05, 0.1) is 12.1 Å². The summed E-state index contributed by atoms with van der Waals surface area (Å²) in [6.45, 7) is 2.62. The van der Waals surface area contributed by atoms with Crippen molar-refractivity contribution < 1.29 is 22.8 Å². The molecule has 0 saturated carbocycles. The molecule has 0 unspecified atom stereocenters. The van der Waals surface area contributed by atoms with Crippen molar-refractivity contribution in [2.75, 3.05) is 46.8 Å². The lowest BCUT2D eigenvalue weighted by Gasteiger charge is -2.22. The fraction of sp³-hybridized carbons (Fsp3) is 0.450. The van der Waals surface area contributed by atoms with E-state index in [0.29, 0.717) is 36.8 Å². The van der Waals surface area contributed by atoms with Crippen molar-refractivity contribution >= 4 is 23.2 Å². The molecule has 1 fully saturated rings. The maximum absolute atomic E-state index is 12.9. The van der Waals surface area contributed by atoms with Crippen molar-refractivity contribution in [1.82, 2.24) is 19.7 Å². The second-order valence-electron chi connectivity index (χ2n) is 7.33. The number of aromatic nitrogens is 1. The van der Waals surface area contributed by atoms with Crippen LogP contribution in [0.2, 0.25) is 0 Å². The number of nitrogens with zero attached hydrogens (tertiary/aromatic N) is 4. The summed E-state index contributed by atoms with van der Waals surface area (Å²) in [5.74, 6) is -0.231. The van der Waals surface area contributed by atoms with E-state index in [1.54, 1.807) is 35.3 Å². The molecule has 10 heteroatoms. The van der Waals surface area contributed by atoms with E-state index in [1.165, 1.54) is 6.07 Å². The van der Waals surface area contributed by atoms with Gasteiger partial charge in [0.1, 0.15) is 10.7 Å². The van der Waals surface area contributed by atoms with E-state index in [4.69, 9.17) is 0 Å². The smallest absolute Gasteiger partial charge is 0.348 e. The molecule has 2 aromatic rings. The maximum atomic E-state index is 12.9. The molecule has 0 bridgehead atoms. The summed E-state index contributed by atoms with van der Waals surface area (Å²) >= 11 is 1.15. The molecule has 0 spiro atoms. The predicted molar refractivity (Wildman–Crippen MR) is 108 cm³/mol. The molecular weight excluding hydrogens is 417 g/mol. The number of thiazole rings is 1. The highest BCUT2D eigenvalue weighted by Gasteiger charge is 2.31. The average Bonchev–Trinajstić information content (AvgIpc) is 3.08. The van der Waals surface area contributed by atoms with Crippen LogP contribution in [0.4, 0.5) is 13.2 Å². The largest absolute Gasteiger partial charge is 0.416 e. The van der Waals surface area contributed by atoms with Crippen LogP contribution in [0.3, 0.4) is 0 Å². The lowest BCUT2D eigenvalue weighted by atomic mass is 10.1. The molecule has 2 heterocycles. The van der Waals surface area contributed by atoms with Crippen LogP contribution in [0.1, 0.15) is 22.5 Å². The monoisotopic (exact) mass is 440 g/mol. The number of carbonyl (C=O) groups is 2. The number of rotatable bonds is 4. The van der Waals surface area contributed by atoms with Crippen molar-refractivity contribution in [1.29, 1.82) is 0 Å². The van der Waals surface area contributed by atoms with E-state index >= 15 is 0 Å². The SMILES string of the molecule is CN(C)C(=O)CN1CCCN(C(=O)c2csc(-c3cccc(C(F)(F)F)c3)n2)CC1. The highest BCUT2D eigenvalue weighted by molar-refractivity contribution is 7.13. The molecule has 30 heavy (non-hydrogen) atoms. The van der Waals surface area contributed by atoms with Gasteiger partial charge in [-0.1, -0.05) is 12.1 Å². The summed E-state index contributed by atoms with van der Waals surface area (Å²) in [7, 11) is 3.42. The molecule has 162 valence electrons. The normalized spacial score (nSPS) is 15.7. The zero-order valence-electron chi connectivity index (χ0n) is 16.8. The molecule has 2 amide bonds. The summed E-state index contributed by atoms with van der Waals surface area (Å²) in [6.07, 6.45) is -3.70. The fourth-order valence-electron chi connectivity index (χ4n) is 3.16. The number of hydrogen-bond donors (Lipinski definition) is 0. The van der Waals surface area contributed by atoms with Crippen LogP contribution >= 0.6 is 11.3 Å². The second kappa shape index (κ2) is 9.13. The predicted octanol–water partition coefficient (Wildman–Crippen LogP) is 3.07. The molecule has 1 aromatic carbocycles. The summed E-state index contributed by atoms with van der Waals surface area (Å²) < 4.78 is 38.8. The molecule has 1 saturated heterocycles. The van der Waals surface area contributed by atoms with Crippen molar-refractivity contribution in [3.63, 3.8) is 0 Å². The Morgan fingerprint density at radius 3 is 2.63 bits per heavy atom. The van der Waals surface area contributed by atoms with Gasteiger partial charge in [0.2, 0.25) is 5.91 Å². The highest BCUT2D eigenvalue weighted by Crippen LogP contribution is 2.33. The number of benzene rings is 1. The van der Waals surface area contributed by atoms with Crippen LogP contribution in [0.5, 0.6) is 0 Å². The first-order valence-corrected chi connectivity index (χ1v) is 10.4. The van der Waals surface area contributed by atoms with Gasteiger partial charge >= 0.3 is 6.18 Å². The molecule has 3 rings (SSSR count). The van der Waals surface area contributed by atoms with Crippen LogP contribution in [-0.2, 0) is 11.0 Å². The van der Waals surface area contributed by atoms with Crippen LogP contribution in [0.25, 0.3) is 10.6 Å². The van der Waals surface area contributed by atoms with E-state index in [1.807, 2.05) is 4.90 Å². The van der Waals surface area contributed by atoms with E-state index < -0.39 is 11.7 Å². The molecule has 0 N–H and O–H groups in total. The lowest BCUT2D eigenvalue weighted by Crippen LogP contribution is -2.39. The minimum atomic E-state index is -4.43. The molecule has 0 radical (unpaired) electrons. The van der Waals surface area contributed by atoms with Gasteiger partial charge in [-0.05, 0) is 18.6 Å². The zero-order chi connectivity index (χ0) is 21.9. The van der Waals surface area contributed by atoms with Crippen LogP contribution < -0.4 is 0 Å². The average molecular weight is 440 g/mol. The first-order valence-electron chi connectivity index (χ1n) is 9.50. The molecular formula is C20H23F3N4O2S. The Morgan fingerprint density at radius 2 is 1.93 bits per heavy atom. The van der Waals surface area contributed by atoms with Crippen LogP contribution in [-0.4, -0.2) is 78.3 Å². The van der Waals surface area contributed by atoms with E-state index in [-0.39, 0.29) is 17.5 Å². The number of amides is 2. The van der Waals surface area contributed by atoms with E-state index in [2.05, 4.69) is 4.98 Å². The number of halogens is 3. The van der Waals surface area contributed by atoms with Crippen molar-refractivity contribution in [3.8, 4) is 10.6 Å². The van der Waals surface area contributed by atoms with Crippen molar-refractivity contribution in [3.05, 3.63) is 40.9 Å². The van der Waals surface area contributed by atoms with Gasteiger partial charge in [-0.15, -0.1) is 11.3 Å². The molecule has 1 aliphatic heterocycles. The van der Waals surface area contributed by atoms with Crippen molar-refractivity contribution in [2.24, 2.45) is 0 Å². The first-order chi connectivity index (χ1) is 14.1. The van der Waals surface area contributed by atoms with Crippen molar-refractivity contribution in [2.45, 2.75) is 12.6 Å². The molecule has 6 nitrogen and oxygen atoms in total. The fourth-order valence-corrected chi connectivity index (χ4v) is 3.95. The Morgan fingerprint density at radius 1 is 1.17 bits per heavy atom. The van der Waals surface area contributed by atoms with Gasteiger partial charge in [0.15, 0.2) is 0 Å². The molecule has 0 atom stereocenters. The number of hydrogen-bond acceptors (Lipinski definition) is 5. The molecule has 1 aliphatic rings. The summed E-state index contributed by atoms with van der Waals surface area (Å²) in [4.78, 5) is 34.3.